The first-order valence-corrected chi connectivity index (χ1v) is 9.59. The van der Waals surface area contributed by atoms with Gasteiger partial charge in [0.15, 0.2) is 8.32 Å². The first-order chi connectivity index (χ1) is 7.81. The van der Waals surface area contributed by atoms with Gasteiger partial charge >= 0.3 is 0 Å². The average Bonchev–Trinajstić information content (AvgIpc) is 2.20. The molecule has 0 spiro atoms. The van der Waals surface area contributed by atoms with Crippen molar-refractivity contribution < 1.29 is 9.16 Å². The van der Waals surface area contributed by atoms with Gasteiger partial charge in [0.2, 0.25) is 0 Å². The zero-order valence-corrected chi connectivity index (χ0v) is 13.5. The van der Waals surface area contributed by atoms with Crippen molar-refractivity contribution in [2.45, 2.75) is 58.7 Å². The van der Waals surface area contributed by atoms with E-state index in [0.29, 0.717) is 5.04 Å². The first-order valence-electron chi connectivity index (χ1n) is 6.68. The highest BCUT2D eigenvalue weighted by Gasteiger charge is 2.36. The van der Waals surface area contributed by atoms with Crippen LogP contribution in [0.5, 0.6) is 0 Å². The van der Waals surface area contributed by atoms with Crippen molar-refractivity contribution in [3.8, 4) is 0 Å². The fourth-order valence-electron chi connectivity index (χ4n) is 1.13. The van der Waals surface area contributed by atoms with Crippen molar-refractivity contribution in [2.75, 3.05) is 19.8 Å². The molecule has 0 amide bonds. The Morgan fingerprint density at radius 3 is 2.00 bits per heavy atom. The molecule has 0 aliphatic carbocycles. The van der Waals surface area contributed by atoms with Crippen LogP contribution in [-0.2, 0) is 9.16 Å². The molecule has 0 atom stereocenters. The Labute approximate surface area is 109 Å². The van der Waals surface area contributed by atoms with Crippen molar-refractivity contribution in [3.63, 3.8) is 0 Å². The van der Waals surface area contributed by atoms with Gasteiger partial charge in [-0.1, -0.05) is 32.9 Å². The Kier molecular flexibility index (Phi) is 8.00. The van der Waals surface area contributed by atoms with Crippen molar-refractivity contribution in [1.82, 2.24) is 0 Å². The van der Waals surface area contributed by atoms with E-state index in [9.17, 15) is 0 Å². The Morgan fingerprint density at radius 1 is 1.00 bits per heavy atom. The lowest BCUT2D eigenvalue weighted by atomic mass is 10.2. The quantitative estimate of drug-likeness (QED) is 0.365. The second-order valence-corrected chi connectivity index (χ2v) is 10.7. The molecule has 0 bridgehead atoms. The Bertz CT molecular complexity index is 217. The van der Waals surface area contributed by atoms with Crippen LogP contribution in [0.3, 0.4) is 0 Å². The zero-order chi connectivity index (χ0) is 13.4. The zero-order valence-electron chi connectivity index (χ0n) is 12.5. The molecule has 0 aromatic carbocycles. The summed E-state index contributed by atoms with van der Waals surface area (Å²) >= 11 is 0. The number of ether oxygens (including phenoxy) is 1. The van der Waals surface area contributed by atoms with Gasteiger partial charge in [-0.15, -0.1) is 0 Å². The van der Waals surface area contributed by atoms with Crippen LogP contribution in [0.25, 0.3) is 0 Å². The summed E-state index contributed by atoms with van der Waals surface area (Å²) in [4.78, 5) is 0. The van der Waals surface area contributed by atoms with Crippen LogP contribution in [0.2, 0.25) is 18.1 Å². The third-order valence-corrected chi connectivity index (χ3v) is 7.89. The summed E-state index contributed by atoms with van der Waals surface area (Å²) in [5.74, 6) is 0. The van der Waals surface area contributed by atoms with Crippen molar-refractivity contribution >= 4 is 8.32 Å². The molecular weight excluding hydrogens is 228 g/mol. The molecule has 0 saturated heterocycles. The average molecular weight is 258 g/mol. The van der Waals surface area contributed by atoms with Crippen molar-refractivity contribution in [2.24, 2.45) is 0 Å². The predicted molar refractivity (Wildman–Crippen MR) is 78.0 cm³/mol. The number of hydrogen-bond donors (Lipinski definition) is 0. The fraction of sp³-hybridized carbons (Fsp3) is 0.857. The van der Waals surface area contributed by atoms with E-state index in [1.807, 2.05) is 6.92 Å². The van der Waals surface area contributed by atoms with E-state index in [0.717, 1.165) is 32.7 Å². The van der Waals surface area contributed by atoms with E-state index < -0.39 is 8.32 Å². The van der Waals surface area contributed by atoms with Crippen LogP contribution in [-0.4, -0.2) is 28.1 Å². The molecule has 0 unspecified atom stereocenters. The third-order valence-electron chi connectivity index (χ3n) is 3.35. The second-order valence-electron chi connectivity index (χ2n) is 5.85. The molecule has 0 aliphatic heterocycles. The lowest BCUT2D eigenvalue weighted by Crippen LogP contribution is -2.40. The molecule has 2 nitrogen and oxygen atoms in total. The monoisotopic (exact) mass is 258 g/mol. The largest absolute Gasteiger partial charge is 0.417 e. The second kappa shape index (κ2) is 8.06. The summed E-state index contributed by atoms with van der Waals surface area (Å²) < 4.78 is 11.3. The van der Waals surface area contributed by atoms with E-state index >= 15 is 0 Å². The van der Waals surface area contributed by atoms with Gasteiger partial charge in [-0.2, -0.15) is 0 Å². The van der Waals surface area contributed by atoms with Gasteiger partial charge in [0.05, 0.1) is 0 Å². The minimum atomic E-state index is -1.54. The molecule has 0 fully saturated rings. The molecule has 0 aromatic rings. The molecule has 0 aromatic heterocycles. The van der Waals surface area contributed by atoms with Crippen molar-refractivity contribution in [3.05, 3.63) is 12.2 Å². The highest BCUT2D eigenvalue weighted by Crippen LogP contribution is 2.36. The SMILES string of the molecule is CCOCCC=CCCO[Si](C)(C)C(C)(C)C. The number of rotatable bonds is 8. The van der Waals surface area contributed by atoms with Crippen LogP contribution in [0, 0.1) is 0 Å². The molecule has 0 radical (unpaired) electrons. The fourth-order valence-corrected chi connectivity index (χ4v) is 2.19. The molecule has 0 rings (SSSR count). The van der Waals surface area contributed by atoms with Gasteiger partial charge in [-0.05, 0) is 37.9 Å². The van der Waals surface area contributed by atoms with E-state index in [4.69, 9.17) is 9.16 Å². The Hall–Kier alpha value is -0.123. The summed E-state index contributed by atoms with van der Waals surface area (Å²) in [6.45, 7) is 15.9. The third kappa shape index (κ3) is 7.74. The molecule has 0 saturated carbocycles. The van der Waals surface area contributed by atoms with Crippen LogP contribution in [0.15, 0.2) is 12.2 Å². The van der Waals surface area contributed by atoms with E-state index in [1.165, 1.54) is 0 Å². The molecule has 0 heterocycles. The van der Waals surface area contributed by atoms with Gasteiger partial charge in [-0.3, -0.25) is 0 Å². The summed E-state index contributed by atoms with van der Waals surface area (Å²) in [5.41, 5.74) is 0. The Morgan fingerprint density at radius 2 is 1.53 bits per heavy atom. The standard InChI is InChI=1S/C14H30O2Si/c1-7-15-12-10-8-9-11-13-16-17(5,6)14(2,3)4/h8-9H,7,10-13H2,1-6H3. The van der Waals surface area contributed by atoms with E-state index in [1.54, 1.807) is 0 Å². The molecule has 17 heavy (non-hydrogen) atoms. The smallest absolute Gasteiger partial charge is 0.191 e. The topological polar surface area (TPSA) is 18.5 Å². The van der Waals surface area contributed by atoms with Gasteiger partial charge < -0.3 is 9.16 Å². The summed E-state index contributed by atoms with van der Waals surface area (Å²) in [6, 6.07) is 0. The highest BCUT2D eigenvalue weighted by atomic mass is 28.4. The number of hydrogen-bond acceptors (Lipinski definition) is 2. The molecule has 3 heteroatoms. The minimum absolute atomic E-state index is 0.311. The predicted octanol–water partition coefficient (Wildman–Crippen LogP) is 4.38. The molecular formula is C14H30O2Si. The van der Waals surface area contributed by atoms with Crippen LogP contribution >= 0.6 is 0 Å². The summed E-state index contributed by atoms with van der Waals surface area (Å²) in [5, 5.41) is 0.311. The molecule has 0 aliphatic rings. The highest BCUT2D eigenvalue weighted by molar-refractivity contribution is 6.74. The normalized spacial score (nSPS) is 13.5. The maximum Gasteiger partial charge on any atom is 0.191 e. The summed E-state index contributed by atoms with van der Waals surface area (Å²) in [6.07, 6.45) is 6.41. The van der Waals surface area contributed by atoms with Crippen LogP contribution in [0.4, 0.5) is 0 Å². The van der Waals surface area contributed by atoms with E-state index in [-0.39, 0.29) is 0 Å². The molecule has 0 N–H and O–H groups in total. The van der Waals surface area contributed by atoms with E-state index in [2.05, 4.69) is 46.0 Å². The maximum atomic E-state index is 6.08. The van der Waals surface area contributed by atoms with Gasteiger partial charge in [0.25, 0.3) is 0 Å². The Balaban J connectivity index is 3.64. The van der Waals surface area contributed by atoms with Crippen LogP contribution in [0.1, 0.15) is 40.5 Å². The van der Waals surface area contributed by atoms with Crippen molar-refractivity contribution in [1.29, 1.82) is 0 Å². The lowest BCUT2D eigenvalue weighted by Gasteiger charge is -2.36. The van der Waals surface area contributed by atoms with Gasteiger partial charge in [0, 0.05) is 19.8 Å². The van der Waals surface area contributed by atoms with Crippen LogP contribution < -0.4 is 0 Å². The molecule has 102 valence electrons. The minimum Gasteiger partial charge on any atom is -0.417 e. The maximum absolute atomic E-state index is 6.08. The van der Waals surface area contributed by atoms with Gasteiger partial charge in [0.1, 0.15) is 0 Å². The lowest BCUT2D eigenvalue weighted by molar-refractivity contribution is 0.152. The van der Waals surface area contributed by atoms with Gasteiger partial charge in [-0.25, -0.2) is 0 Å². The first kappa shape index (κ1) is 16.9. The summed E-state index contributed by atoms with van der Waals surface area (Å²) in [7, 11) is -1.54.